The van der Waals surface area contributed by atoms with Gasteiger partial charge in [0.2, 0.25) is 5.91 Å². The zero-order valence-corrected chi connectivity index (χ0v) is 18.9. The lowest BCUT2D eigenvalue weighted by atomic mass is 9.72. The maximum Gasteiger partial charge on any atom is 0.248 e. The molecule has 1 N–H and O–H groups in total. The van der Waals surface area contributed by atoms with Crippen LogP contribution >= 0.6 is 11.6 Å². The van der Waals surface area contributed by atoms with E-state index in [-0.39, 0.29) is 11.3 Å². The molecule has 0 atom stereocenters. The van der Waals surface area contributed by atoms with Crippen molar-refractivity contribution in [3.05, 3.63) is 88.0 Å². The summed E-state index contributed by atoms with van der Waals surface area (Å²) in [6.07, 6.45) is 15.8. The van der Waals surface area contributed by atoms with Gasteiger partial charge in [-0.05, 0) is 80.9 Å². The van der Waals surface area contributed by atoms with Gasteiger partial charge in [0.25, 0.3) is 0 Å². The fourth-order valence-corrected chi connectivity index (χ4v) is 3.72. The first-order chi connectivity index (χ1) is 13.7. The maximum absolute atomic E-state index is 12.1. The molecule has 0 bridgehead atoms. The number of rotatable bonds is 6. The molecule has 3 heteroatoms. The molecule has 1 aromatic carbocycles. The van der Waals surface area contributed by atoms with Gasteiger partial charge in [0.05, 0.1) is 0 Å². The van der Waals surface area contributed by atoms with Crippen molar-refractivity contribution in [3.63, 3.8) is 0 Å². The number of amides is 1. The van der Waals surface area contributed by atoms with Gasteiger partial charge in [-0.1, -0.05) is 67.0 Å². The van der Waals surface area contributed by atoms with E-state index in [1.165, 1.54) is 36.0 Å². The molecule has 2 nitrogen and oxygen atoms in total. The molecule has 0 heterocycles. The quantitative estimate of drug-likeness (QED) is 0.376. The van der Waals surface area contributed by atoms with Crippen LogP contribution in [0.3, 0.4) is 0 Å². The van der Waals surface area contributed by atoms with E-state index >= 15 is 0 Å². The number of carbonyl (C=O) groups excluding carboxylic acids is 1. The molecular formula is C26H32ClNO. The van der Waals surface area contributed by atoms with Crippen molar-refractivity contribution in [2.24, 2.45) is 5.41 Å². The Labute approximate surface area is 180 Å². The van der Waals surface area contributed by atoms with Gasteiger partial charge in [-0.2, -0.15) is 0 Å². The molecule has 0 radical (unpaired) electrons. The third kappa shape index (κ3) is 7.55. The summed E-state index contributed by atoms with van der Waals surface area (Å²) in [4.78, 5) is 12.1. The zero-order chi connectivity index (χ0) is 21.4. The van der Waals surface area contributed by atoms with E-state index in [2.05, 4.69) is 51.2 Å². The lowest BCUT2D eigenvalue weighted by Gasteiger charge is -2.32. The Morgan fingerprint density at radius 3 is 2.45 bits per heavy atom. The lowest BCUT2D eigenvalue weighted by molar-refractivity contribution is -0.111. The standard InChI is InChI=1S/C26H32ClNO/c1-19(11-16-24-21(3)10-7-17-26(24,4)5)8-6-9-20(2)18-25(29)28-23-14-12-22(27)13-15-23/h6,8-9,11-16,18H,7,10,17H2,1-5H3,(H,28,29). The SMILES string of the molecule is CC(C=CC1=C(C)CCCC1(C)C)=CC=CC(C)=CC(=O)Nc1ccc(Cl)cc1. The summed E-state index contributed by atoms with van der Waals surface area (Å²) in [5, 5.41) is 3.47. The third-order valence-corrected chi connectivity index (χ3v) is 5.50. The van der Waals surface area contributed by atoms with Crippen molar-refractivity contribution in [3.8, 4) is 0 Å². The normalized spacial score (nSPS) is 18.0. The summed E-state index contributed by atoms with van der Waals surface area (Å²) < 4.78 is 0. The Hall–Kier alpha value is -2.32. The maximum atomic E-state index is 12.1. The first-order valence-electron chi connectivity index (χ1n) is 10.2. The van der Waals surface area contributed by atoms with E-state index in [0.29, 0.717) is 5.02 Å². The molecule has 29 heavy (non-hydrogen) atoms. The summed E-state index contributed by atoms with van der Waals surface area (Å²) in [7, 11) is 0. The molecule has 0 unspecified atom stereocenters. The van der Waals surface area contributed by atoms with Crippen LogP contribution in [-0.4, -0.2) is 5.91 Å². The zero-order valence-electron chi connectivity index (χ0n) is 18.2. The minimum atomic E-state index is -0.156. The first-order valence-corrected chi connectivity index (χ1v) is 10.5. The molecule has 0 aliphatic heterocycles. The van der Waals surface area contributed by atoms with Gasteiger partial charge in [-0.25, -0.2) is 0 Å². The molecule has 1 aliphatic rings. The van der Waals surface area contributed by atoms with E-state index in [4.69, 9.17) is 11.6 Å². The number of nitrogens with one attached hydrogen (secondary N) is 1. The number of hydrogen-bond donors (Lipinski definition) is 1. The molecule has 1 aliphatic carbocycles. The monoisotopic (exact) mass is 409 g/mol. The van der Waals surface area contributed by atoms with Gasteiger partial charge in [-0.3, -0.25) is 4.79 Å². The Balaban J connectivity index is 1.95. The highest BCUT2D eigenvalue weighted by Crippen LogP contribution is 2.40. The average Bonchev–Trinajstić information content (AvgIpc) is 2.62. The minimum absolute atomic E-state index is 0.156. The van der Waals surface area contributed by atoms with Crippen LogP contribution in [0, 0.1) is 5.41 Å². The Kier molecular flexibility index (Phi) is 8.28. The fraction of sp³-hybridized carbons (Fsp3) is 0.346. The summed E-state index contributed by atoms with van der Waals surface area (Å²) in [6, 6.07) is 7.06. The van der Waals surface area contributed by atoms with Gasteiger partial charge < -0.3 is 5.32 Å². The van der Waals surface area contributed by atoms with Crippen LogP contribution in [0.5, 0.6) is 0 Å². The number of carbonyl (C=O) groups is 1. The van der Waals surface area contributed by atoms with Crippen molar-refractivity contribution in [2.75, 3.05) is 5.32 Å². The highest BCUT2D eigenvalue weighted by molar-refractivity contribution is 6.30. The Morgan fingerprint density at radius 1 is 1.10 bits per heavy atom. The van der Waals surface area contributed by atoms with Gasteiger partial charge >= 0.3 is 0 Å². The second-order valence-electron chi connectivity index (χ2n) is 8.42. The molecular weight excluding hydrogens is 378 g/mol. The number of hydrogen-bond acceptors (Lipinski definition) is 1. The predicted octanol–water partition coefficient (Wildman–Crippen LogP) is 7.81. The molecule has 0 saturated carbocycles. The third-order valence-electron chi connectivity index (χ3n) is 5.24. The second-order valence-corrected chi connectivity index (χ2v) is 8.86. The molecule has 0 saturated heterocycles. The van der Waals surface area contributed by atoms with Crippen LogP contribution in [-0.2, 0) is 4.79 Å². The van der Waals surface area contributed by atoms with Gasteiger partial charge in [0.1, 0.15) is 0 Å². The molecule has 0 spiro atoms. The van der Waals surface area contributed by atoms with Crippen LogP contribution in [0.15, 0.2) is 83.0 Å². The second kappa shape index (κ2) is 10.5. The van der Waals surface area contributed by atoms with Crippen LogP contribution in [0.4, 0.5) is 5.69 Å². The fourth-order valence-electron chi connectivity index (χ4n) is 3.60. The average molecular weight is 410 g/mol. The predicted molar refractivity (Wildman–Crippen MR) is 126 cm³/mol. The number of halogens is 1. The summed E-state index contributed by atoms with van der Waals surface area (Å²) in [5.41, 5.74) is 6.02. The van der Waals surface area contributed by atoms with E-state index in [1.807, 2.05) is 19.1 Å². The van der Waals surface area contributed by atoms with E-state index in [9.17, 15) is 4.79 Å². The summed E-state index contributed by atoms with van der Waals surface area (Å²) in [6.45, 7) is 10.9. The summed E-state index contributed by atoms with van der Waals surface area (Å²) >= 11 is 5.86. The van der Waals surface area contributed by atoms with Gasteiger partial charge in [0, 0.05) is 16.8 Å². The minimum Gasteiger partial charge on any atom is -0.323 e. The van der Waals surface area contributed by atoms with Crippen LogP contribution < -0.4 is 5.32 Å². The number of anilines is 1. The Morgan fingerprint density at radius 2 is 1.79 bits per heavy atom. The molecule has 1 amide bonds. The van der Waals surface area contributed by atoms with Crippen molar-refractivity contribution in [1.82, 2.24) is 0 Å². The van der Waals surface area contributed by atoms with Crippen molar-refractivity contribution >= 4 is 23.2 Å². The van der Waals surface area contributed by atoms with E-state index in [0.717, 1.165) is 11.3 Å². The first kappa shape index (κ1) is 23.0. The molecule has 1 aromatic rings. The van der Waals surface area contributed by atoms with Gasteiger partial charge in [-0.15, -0.1) is 0 Å². The lowest BCUT2D eigenvalue weighted by Crippen LogP contribution is -2.19. The van der Waals surface area contributed by atoms with Crippen LogP contribution in [0.25, 0.3) is 0 Å². The molecule has 2 rings (SSSR count). The van der Waals surface area contributed by atoms with E-state index < -0.39 is 0 Å². The van der Waals surface area contributed by atoms with Crippen LogP contribution in [0.1, 0.15) is 53.9 Å². The molecule has 0 fully saturated rings. The highest BCUT2D eigenvalue weighted by Gasteiger charge is 2.26. The number of benzene rings is 1. The smallest absolute Gasteiger partial charge is 0.248 e. The van der Waals surface area contributed by atoms with Crippen molar-refractivity contribution in [2.45, 2.75) is 53.9 Å². The molecule has 154 valence electrons. The molecule has 0 aromatic heterocycles. The van der Waals surface area contributed by atoms with E-state index in [1.54, 1.807) is 30.3 Å². The van der Waals surface area contributed by atoms with Crippen LogP contribution in [0.2, 0.25) is 5.02 Å². The Bertz CT molecular complexity index is 880. The van der Waals surface area contributed by atoms with Crippen molar-refractivity contribution in [1.29, 1.82) is 0 Å². The van der Waals surface area contributed by atoms with Gasteiger partial charge in [0.15, 0.2) is 0 Å². The largest absolute Gasteiger partial charge is 0.323 e. The highest BCUT2D eigenvalue weighted by atomic mass is 35.5. The topological polar surface area (TPSA) is 29.1 Å². The van der Waals surface area contributed by atoms with Crippen molar-refractivity contribution < 1.29 is 4.79 Å². The number of allylic oxidation sites excluding steroid dienone is 9. The summed E-state index contributed by atoms with van der Waals surface area (Å²) in [5.74, 6) is -0.156.